The van der Waals surface area contributed by atoms with E-state index in [1.165, 1.54) is 0 Å². The minimum atomic E-state index is 0.739. The lowest BCUT2D eigenvalue weighted by Gasteiger charge is -2.05. The second-order valence-electron chi connectivity index (χ2n) is 3.24. The van der Waals surface area contributed by atoms with Crippen LogP contribution in [0.25, 0.3) is 0 Å². The smallest absolute Gasteiger partial charge is 0.127 e. The molecule has 2 nitrogen and oxygen atoms in total. The molecule has 1 atom stereocenters. The van der Waals surface area contributed by atoms with Crippen LogP contribution in [0, 0.1) is 0 Å². The van der Waals surface area contributed by atoms with Crippen molar-refractivity contribution in [3.63, 3.8) is 0 Å². The summed E-state index contributed by atoms with van der Waals surface area (Å²) in [5.74, 6) is 1.62. The van der Waals surface area contributed by atoms with Gasteiger partial charge in [0, 0.05) is 5.69 Å². The second kappa shape index (κ2) is 4.33. The van der Waals surface area contributed by atoms with Crippen LogP contribution in [-0.4, -0.2) is 0 Å². The molecular formula is C12H12NOP. The Hall–Kier alpha value is -1.53. The van der Waals surface area contributed by atoms with Crippen molar-refractivity contribution >= 4 is 20.2 Å². The molecule has 0 bridgehead atoms. The third-order valence-electron chi connectivity index (χ3n) is 2.00. The first-order valence-electron chi connectivity index (χ1n) is 4.63. The van der Waals surface area contributed by atoms with Gasteiger partial charge >= 0.3 is 0 Å². The predicted molar refractivity (Wildman–Crippen MR) is 66.7 cm³/mol. The first kappa shape index (κ1) is 10.0. The number of benzene rings is 2. The third kappa shape index (κ3) is 2.71. The topological polar surface area (TPSA) is 35.2 Å². The molecule has 2 N–H and O–H groups in total. The summed E-state index contributed by atoms with van der Waals surface area (Å²) in [6.07, 6.45) is 0. The summed E-state index contributed by atoms with van der Waals surface area (Å²) in [5, 5.41) is 1.14. The molecule has 0 spiro atoms. The fourth-order valence-corrected chi connectivity index (χ4v) is 1.40. The average Bonchev–Trinajstić information content (AvgIpc) is 2.25. The highest BCUT2D eigenvalue weighted by atomic mass is 31.0. The highest BCUT2D eigenvalue weighted by molar-refractivity contribution is 7.27. The van der Waals surface area contributed by atoms with Gasteiger partial charge < -0.3 is 10.5 Å². The summed E-state index contributed by atoms with van der Waals surface area (Å²) in [6.45, 7) is 0. The van der Waals surface area contributed by atoms with Crippen molar-refractivity contribution in [2.45, 2.75) is 0 Å². The van der Waals surface area contributed by atoms with Gasteiger partial charge in [-0.3, -0.25) is 0 Å². The van der Waals surface area contributed by atoms with Gasteiger partial charge in [-0.2, -0.15) is 0 Å². The van der Waals surface area contributed by atoms with Gasteiger partial charge in [0.1, 0.15) is 11.5 Å². The van der Waals surface area contributed by atoms with Gasteiger partial charge in [-0.1, -0.05) is 12.1 Å². The number of rotatable bonds is 2. The Morgan fingerprint density at radius 1 is 0.800 bits per heavy atom. The van der Waals surface area contributed by atoms with E-state index in [1.54, 1.807) is 0 Å². The maximum atomic E-state index is 5.62. The number of anilines is 1. The highest BCUT2D eigenvalue weighted by Crippen LogP contribution is 2.21. The molecule has 1 unspecified atom stereocenters. The first-order chi connectivity index (χ1) is 7.24. The van der Waals surface area contributed by atoms with Gasteiger partial charge in [0.15, 0.2) is 0 Å². The number of ether oxygens (including phenoxy) is 1. The fraction of sp³-hybridized carbons (Fsp3) is 0. The van der Waals surface area contributed by atoms with Crippen molar-refractivity contribution in [2.24, 2.45) is 0 Å². The molecule has 3 heteroatoms. The molecule has 2 aromatic carbocycles. The average molecular weight is 217 g/mol. The predicted octanol–water partition coefficient (Wildman–Crippen LogP) is 2.56. The van der Waals surface area contributed by atoms with Gasteiger partial charge in [-0.05, 0) is 41.7 Å². The lowest BCUT2D eigenvalue weighted by molar-refractivity contribution is 0.483. The molecule has 0 saturated carbocycles. The van der Waals surface area contributed by atoms with Crippen LogP contribution < -0.4 is 15.8 Å². The normalized spacial score (nSPS) is 9.93. The van der Waals surface area contributed by atoms with Gasteiger partial charge in [0.25, 0.3) is 0 Å². The maximum Gasteiger partial charge on any atom is 0.127 e. The Morgan fingerprint density at radius 3 is 1.80 bits per heavy atom. The summed E-state index contributed by atoms with van der Waals surface area (Å²) in [4.78, 5) is 0. The van der Waals surface area contributed by atoms with Crippen LogP contribution in [0.2, 0.25) is 0 Å². The molecule has 0 radical (unpaired) electrons. The van der Waals surface area contributed by atoms with Crippen molar-refractivity contribution in [1.29, 1.82) is 0 Å². The third-order valence-corrected chi connectivity index (χ3v) is 2.38. The van der Waals surface area contributed by atoms with E-state index in [-0.39, 0.29) is 0 Å². The number of nitrogens with two attached hydrogens (primary N) is 1. The molecule has 0 heterocycles. The summed E-state index contributed by atoms with van der Waals surface area (Å²) >= 11 is 0. The van der Waals surface area contributed by atoms with E-state index in [0.717, 1.165) is 22.5 Å². The maximum absolute atomic E-state index is 5.62. The summed E-state index contributed by atoms with van der Waals surface area (Å²) in [5.41, 5.74) is 6.32. The van der Waals surface area contributed by atoms with E-state index < -0.39 is 0 Å². The van der Waals surface area contributed by atoms with Gasteiger partial charge in [-0.15, -0.1) is 9.24 Å². The zero-order chi connectivity index (χ0) is 10.7. The Balaban J connectivity index is 2.15. The Kier molecular flexibility index (Phi) is 2.89. The largest absolute Gasteiger partial charge is 0.457 e. The Labute approximate surface area is 91.3 Å². The zero-order valence-corrected chi connectivity index (χ0v) is 9.34. The molecule has 0 aliphatic carbocycles. The van der Waals surface area contributed by atoms with Crippen molar-refractivity contribution in [1.82, 2.24) is 0 Å². The zero-order valence-electron chi connectivity index (χ0n) is 8.18. The SMILES string of the molecule is Nc1ccc(Oc2ccc(P)cc2)cc1. The monoisotopic (exact) mass is 217 g/mol. The van der Waals surface area contributed by atoms with E-state index in [0.29, 0.717) is 0 Å². The highest BCUT2D eigenvalue weighted by Gasteiger charge is 1.95. The molecular weight excluding hydrogens is 205 g/mol. The number of nitrogen functional groups attached to an aromatic ring is 1. The van der Waals surface area contributed by atoms with Gasteiger partial charge in [0.05, 0.1) is 0 Å². The van der Waals surface area contributed by atoms with Crippen LogP contribution in [0.15, 0.2) is 48.5 Å². The molecule has 2 aromatic rings. The Morgan fingerprint density at radius 2 is 1.27 bits per heavy atom. The molecule has 0 amide bonds. The van der Waals surface area contributed by atoms with Crippen LogP contribution in [0.4, 0.5) is 5.69 Å². The molecule has 0 aliphatic heterocycles. The standard InChI is InChI=1S/C12H12NOP/c13-9-1-3-10(4-2-9)14-11-5-7-12(15)8-6-11/h1-8H,13,15H2. The van der Waals surface area contributed by atoms with Crippen LogP contribution in [0.1, 0.15) is 0 Å². The van der Waals surface area contributed by atoms with Gasteiger partial charge in [0.2, 0.25) is 0 Å². The molecule has 76 valence electrons. The molecule has 0 aliphatic rings. The minimum Gasteiger partial charge on any atom is -0.457 e. The summed E-state index contributed by atoms with van der Waals surface area (Å²) in [7, 11) is 2.64. The van der Waals surface area contributed by atoms with Crippen molar-refractivity contribution in [2.75, 3.05) is 5.73 Å². The molecule has 0 aromatic heterocycles. The van der Waals surface area contributed by atoms with E-state index in [1.807, 2.05) is 48.5 Å². The fourth-order valence-electron chi connectivity index (χ4n) is 1.21. The van der Waals surface area contributed by atoms with Gasteiger partial charge in [-0.25, -0.2) is 0 Å². The van der Waals surface area contributed by atoms with E-state index in [9.17, 15) is 0 Å². The number of hydrogen-bond donors (Lipinski definition) is 1. The minimum absolute atomic E-state index is 0.739. The molecule has 0 saturated heterocycles. The van der Waals surface area contributed by atoms with Crippen LogP contribution in [-0.2, 0) is 0 Å². The van der Waals surface area contributed by atoms with Crippen molar-refractivity contribution in [3.05, 3.63) is 48.5 Å². The Bertz CT molecular complexity index is 393. The van der Waals surface area contributed by atoms with Crippen LogP contribution >= 0.6 is 9.24 Å². The lowest BCUT2D eigenvalue weighted by atomic mass is 10.3. The molecule has 0 fully saturated rings. The van der Waals surface area contributed by atoms with E-state index in [4.69, 9.17) is 10.5 Å². The quantitative estimate of drug-likeness (QED) is 0.619. The molecule has 15 heavy (non-hydrogen) atoms. The molecule has 2 rings (SSSR count). The summed E-state index contributed by atoms with van der Waals surface area (Å²) < 4.78 is 5.62. The van der Waals surface area contributed by atoms with E-state index >= 15 is 0 Å². The van der Waals surface area contributed by atoms with Crippen molar-refractivity contribution < 1.29 is 4.74 Å². The van der Waals surface area contributed by atoms with Crippen LogP contribution in [0.5, 0.6) is 11.5 Å². The summed E-state index contributed by atoms with van der Waals surface area (Å²) in [6, 6.07) is 15.2. The number of hydrogen-bond acceptors (Lipinski definition) is 2. The lowest BCUT2D eigenvalue weighted by Crippen LogP contribution is -1.90. The van der Waals surface area contributed by atoms with E-state index in [2.05, 4.69) is 9.24 Å². The van der Waals surface area contributed by atoms with Crippen molar-refractivity contribution in [3.8, 4) is 11.5 Å². The first-order valence-corrected chi connectivity index (χ1v) is 5.21. The second-order valence-corrected chi connectivity index (χ2v) is 3.91. The van der Waals surface area contributed by atoms with Crippen LogP contribution in [0.3, 0.4) is 0 Å².